The fraction of sp³-hybridized carbons (Fsp3) is 0.304. The molecular weight excluding hydrogens is 400 g/mol. The molecule has 2 aliphatic rings. The van der Waals surface area contributed by atoms with Crippen LogP contribution in [0.2, 0.25) is 0 Å². The monoisotopic (exact) mass is 424 g/mol. The summed E-state index contributed by atoms with van der Waals surface area (Å²) in [4.78, 5) is 26.6. The molecule has 0 bridgehead atoms. The van der Waals surface area contributed by atoms with Gasteiger partial charge in [0.2, 0.25) is 0 Å². The lowest BCUT2D eigenvalue weighted by molar-refractivity contribution is -0.112. The highest BCUT2D eigenvalue weighted by atomic mass is 32.2. The van der Waals surface area contributed by atoms with Gasteiger partial charge in [-0.1, -0.05) is 30.7 Å². The third kappa shape index (κ3) is 4.31. The van der Waals surface area contributed by atoms with Crippen molar-refractivity contribution >= 4 is 35.3 Å². The number of rotatable bonds is 5. The zero-order valence-electron chi connectivity index (χ0n) is 17.0. The van der Waals surface area contributed by atoms with Crippen molar-refractivity contribution in [3.8, 4) is 11.5 Å². The Hall–Kier alpha value is -2.93. The summed E-state index contributed by atoms with van der Waals surface area (Å²) in [6.07, 6.45) is 6.21. The molecule has 30 heavy (non-hydrogen) atoms. The average Bonchev–Trinajstić information content (AvgIpc) is 3.26. The van der Waals surface area contributed by atoms with Gasteiger partial charge in [0.05, 0.1) is 24.8 Å². The van der Waals surface area contributed by atoms with E-state index in [2.05, 4.69) is 10.6 Å². The zero-order chi connectivity index (χ0) is 21.1. The summed E-state index contributed by atoms with van der Waals surface area (Å²) < 4.78 is 10.6. The molecule has 0 spiro atoms. The summed E-state index contributed by atoms with van der Waals surface area (Å²) in [6, 6.07) is 11.2. The maximum absolute atomic E-state index is 12.6. The van der Waals surface area contributed by atoms with Crippen LogP contribution in [0.3, 0.4) is 0 Å². The molecule has 0 unspecified atom stereocenters. The van der Waals surface area contributed by atoms with Gasteiger partial charge in [0.15, 0.2) is 11.5 Å². The molecule has 1 aliphatic heterocycles. The van der Waals surface area contributed by atoms with Crippen LogP contribution in [0.15, 0.2) is 46.2 Å². The van der Waals surface area contributed by atoms with Crippen LogP contribution in [0.1, 0.15) is 41.6 Å². The summed E-state index contributed by atoms with van der Waals surface area (Å²) in [5.41, 5.74) is 2.06. The molecular formula is C23H24N2O4S. The molecule has 1 saturated carbocycles. The summed E-state index contributed by atoms with van der Waals surface area (Å²) in [5, 5.41) is 5.99. The number of anilines is 1. The molecule has 0 saturated heterocycles. The zero-order valence-corrected chi connectivity index (χ0v) is 17.8. The molecule has 0 aromatic heterocycles. The molecule has 2 N–H and O–H groups in total. The number of carbonyl (C=O) groups excluding carboxylic acids is 2. The molecule has 2 aromatic rings. The Labute approximate surface area is 180 Å². The van der Waals surface area contributed by atoms with Gasteiger partial charge in [-0.3, -0.25) is 9.59 Å². The van der Waals surface area contributed by atoms with Gasteiger partial charge in [-0.05, 0) is 54.8 Å². The number of hydrogen-bond acceptors (Lipinski definition) is 5. The largest absolute Gasteiger partial charge is 0.493 e. The smallest absolute Gasteiger partial charge is 0.262 e. The van der Waals surface area contributed by atoms with Gasteiger partial charge in [-0.2, -0.15) is 0 Å². The van der Waals surface area contributed by atoms with E-state index in [4.69, 9.17) is 9.47 Å². The van der Waals surface area contributed by atoms with Gasteiger partial charge in [0, 0.05) is 16.5 Å². The molecule has 4 rings (SSSR count). The first-order valence-electron chi connectivity index (χ1n) is 9.95. The second-order valence-corrected chi connectivity index (χ2v) is 8.43. The first-order chi connectivity index (χ1) is 14.6. The van der Waals surface area contributed by atoms with Crippen molar-refractivity contribution in [2.75, 3.05) is 19.5 Å². The minimum absolute atomic E-state index is 0.0874. The quantitative estimate of drug-likeness (QED) is 0.693. The van der Waals surface area contributed by atoms with E-state index in [1.54, 1.807) is 26.4 Å². The number of hydrogen-bond donors (Lipinski definition) is 2. The highest BCUT2D eigenvalue weighted by Crippen LogP contribution is 2.40. The normalized spacial score (nSPS) is 17.4. The fourth-order valence-electron chi connectivity index (χ4n) is 3.73. The third-order valence-corrected chi connectivity index (χ3v) is 6.43. The lowest BCUT2D eigenvalue weighted by atomic mass is 10.1. The molecule has 1 heterocycles. The number of fused-ring (bicyclic) bond motifs is 1. The SMILES string of the molecule is COc1ccc(/C=C2/Sc3ccc(C(=O)NC4CCCC4)cc3NC2=O)cc1OC. The Kier molecular flexibility index (Phi) is 5.99. The number of amides is 2. The minimum Gasteiger partial charge on any atom is -0.493 e. The van der Waals surface area contributed by atoms with Gasteiger partial charge < -0.3 is 20.1 Å². The van der Waals surface area contributed by atoms with Crippen LogP contribution in [0.25, 0.3) is 6.08 Å². The van der Waals surface area contributed by atoms with E-state index >= 15 is 0 Å². The molecule has 7 heteroatoms. The van der Waals surface area contributed by atoms with E-state index in [0.29, 0.717) is 27.7 Å². The Bertz CT molecular complexity index is 1010. The van der Waals surface area contributed by atoms with E-state index in [-0.39, 0.29) is 17.9 Å². The second-order valence-electron chi connectivity index (χ2n) is 7.34. The molecule has 2 aromatic carbocycles. The highest BCUT2D eigenvalue weighted by Gasteiger charge is 2.23. The maximum atomic E-state index is 12.6. The van der Waals surface area contributed by atoms with Gasteiger partial charge in [0.1, 0.15) is 0 Å². The van der Waals surface area contributed by atoms with E-state index in [0.717, 1.165) is 36.1 Å². The fourth-order valence-corrected chi connectivity index (χ4v) is 4.67. The van der Waals surface area contributed by atoms with Crippen molar-refractivity contribution in [3.63, 3.8) is 0 Å². The van der Waals surface area contributed by atoms with Crippen molar-refractivity contribution in [1.29, 1.82) is 0 Å². The molecule has 0 radical (unpaired) electrons. The number of thioether (sulfide) groups is 1. The maximum Gasteiger partial charge on any atom is 0.262 e. The first kappa shape index (κ1) is 20.3. The molecule has 6 nitrogen and oxygen atoms in total. The van der Waals surface area contributed by atoms with Gasteiger partial charge in [0.25, 0.3) is 11.8 Å². The van der Waals surface area contributed by atoms with Crippen LogP contribution in [0, 0.1) is 0 Å². The molecule has 0 atom stereocenters. The van der Waals surface area contributed by atoms with Crippen LogP contribution < -0.4 is 20.1 Å². The third-order valence-electron chi connectivity index (χ3n) is 5.33. The Morgan fingerprint density at radius 1 is 1.10 bits per heavy atom. The van der Waals surface area contributed by atoms with Crippen LogP contribution in [-0.2, 0) is 4.79 Å². The number of ether oxygens (including phenoxy) is 2. The van der Waals surface area contributed by atoms with Gasteiger partial charge in [-0.25, -0.2) is 0 Å². The van der Waals surface area contributed by atoms with Crippen molar-refractivity contribution in [1.82, 2.24) is 5.32 Å². The van der Waals surface area contributed by atoms with E-state index in [9.17, 15) is 9.59 Å². The van der Waals surface area contributed by atoms with Crippen LogP contribution >= 0.6 is 11.8 Å². The summed E-state index contributed by atoms with van der Waals surface area (Å²) in [5.74, 6) is 0.951. The second kappa shape index (κ2) is 8.83. The van der Waals surface area contributed by atoms with Crippen LogP contribution in [0.5, 0.6) is 11.5 Å². The molecule has 1 aliphatic carbocycles. The van der Waals surface area contributed by atoms with Gasteiger partial charge >= 0.3 is 0 Å². The Morgan fingerprint density at radius 3 is 2.60 bits per heavy atom. The molecule has 2 amide bonds. The van der Waals surface area contributed by atoms with Crippen molar-refractivity contribution in [3.05, 3.63) is 52.4 Å². The predicted octanol–water partition coefficient (Wildman–Crippen LogP) is 4.46. The predicted molar refractivity (Wildman–Crippen MR) is 118 cm³/mol. The lowest BCUT2D eigenvalue weighted by Gasteiger charge is -2.20. The number of nitrogens with one attached hydrogen (secondary N) is 2. The van der Waals surface area contributed by atoms with Crippen molar-refractivity contribution in [2.45, 2.75) is 36.6 Å². The first-order valence-corrected chi connectivity index (χ1v) is 10.8. The number of benzene rings is 2. The summed E-state index contributed by atoms with van der Waals surface area (Å²) >= 11 is 1.38. The minimum atomic E-state index is -0.198. The van der Waals surface area contributed by atoms with Gasteiger partial charge in [-0.15, -0.1) is 0 Å². The van der Waals surface area contributed by atoms with E-state index < -0.39 is 0 Å². The standard InChI is InChI=1S/C23H24N2O4S/c1-28-18-9-7-14(11-19(18)29-2)12-21-23(27)25-17-13-15(8-10-20(17)30-21)22(26)24-16-5-3-4-6-16/h7-13,16H,3-6H2,1-2H3,(H,24,26)(H,25,27)/b21-12+. The lowest BCUT2D eigenvalue weighted by Crippen LogP contribution is -2.32. The van der Waals surface area contributed by atoms with Crippen molar-refractivity contribution in [2.24, 2.45) is 0 Å². The van der Waals surface area contributed by atoms with Crippen LogP contribution in [-0.4, -0.2) is 32.1 Å². The highest BCUT2D eigenvalue weighted by molar-refractivity contribution is 8.04. The van der Waals surface area contributed by atoms with E-state index in [1.165, 1.54) is 11.8 Å². The van der Waals surface area contributed by atoms with E-state index in [1.807, 2.05) is 30.3 Å². The van der Waals surface area contributed by atoms with Crippen LogP contribution in [0.4, 0.5) is 5.69 Å². The summed E-state index contributed by atoms with van der Waals surface area (Å²) in [6.45, 7) is 0. The average molecular weight is 425 g/mol. The summed E-state index contributed by atoms with van der Waals surface area (Å²) in [7, 11) is 3.16. The number of methoxy groups -OCH3 is 2. The molecule has 156 valence electrons. The Morgan fingerprint density at radius 2 is 1.87 bits per heavy atom. The van der Waals surface area contributed by atoms with Crippen molar-refractivity contribution < 1.29 is 19.1 Å². The Balaban J connectivity index is 1.53. The number of carbonyl (C=O) groups is 2. The topological polar surface area (TPSA) is 76.7 Å². The molecule has 1 fully saturated rings.